The van der Waals surface area contributed by atoms with E-state index in [0.717, 1.165) is 6.26 Å². The molecule has 2 amide bonds. The van der Waals surface area contributed by atoms with Gasteiger partial charge in [0.2, 0.25) is 21.8 Å². The van der Waals surface area contributed by atoms with Crippen LogP contribution in [0.2, 0.25) is 0 Å². The number of amides is 2. The molecular weight excluding hydrogens is 370 g/mol. The van der Waals surface area contributed by atoms with E-state index >= 15 is 0 Å². The molecule has 11 heteroatoms. The van der Waals surface area contributed by atoms with Crippen LogP contribution in [0.5, 0.6) is 0 Å². The summed E-state index contributed by atoms with van der Waals surface area (Å²) in [4.78, 5) is 28.8. The molecule has 3 rings (SSSR count). The predicted octanol–water partition coefficient (Wildman–Crippen LogP) is -0.969. The number of carbonyl (C=O) groups is 2. The predicted molar refractivity (Wildman–Crippen MR) is 89.1 cm³/mol. The van der Waals surface area contributed by atoms with E-state index in [1.807, 2.05) is 0 Å². The Kier molecular flexibility index (Phi) is 4.99. The second-order valence-corrected chi connectivity index (χ2v) is 9.30. The molecule has 1 atom stereocenters. The Hall–Kier alpha value is -1.33. The second-order valence-electron chi connectivity index (χ2n) is 7.31. The molecule has 0 aliphatic carbocycles. The molecule has 3 heterocycles. The number of rotatable bonds is 3. The number of likely N-dealkylation sites (tertiary alicyclic amines) is 1. The highest BCUT2D eigenvalue weighted by atomic mass is 32.2. The van der Waals surface area contributed by atoms with Crippen molar-refractivity contribution in [2.24, 2.45) is 0 Å². The first kappa shape index (κ1) is 19.4. The van der Waals surface area contributed by atoms with E-state index in [1.165, 1.54) is 21.0 Å². The Balaban J connectivity index is 1.65. The molecule has 0 unspecified atom stereocenters. The van der Waals surface area contributed by atoms with Gasteiger partial charge in [-0.25, -0.2) is 17.2 Å². The molecule has 0 saturated carbocycles. The van der Waals surface area contributed by atoms with Crippen LogP contribution in [0.1, 0.15) is 13.3 Å². The van der Waals surface area contributed by atoms with Crippen LogP contribution in [-0.2, 0) is 19.6 Å². The first-order valence-corrected chi connectivity index (χ1v) is 10.5. The second kappa shape index (κ2) is 6.68. The minimum atomic E-state index is -3.34. The number of sulfonamides is 1. The summed E-state index contributed by atoms with van der Waals surface area (Å²) >= 11 is 0. The van der Waals surface area contributed by atoms with Gasteiger partial charge in [0, 0.05) is 58.7 Å². The topological polar surface area (TPSA) is 81.2 Å². The number of halogens is 2. The van der Waals surface area contributed by atoms with E-state index in [0.29, 0.717) is 26.2 Å². The number of carbonyl (C=O) groups excluding carboxylic acids is 2. The van der Waals surface area contributed by atoms with Gasteiger partial charge in [0.15, 0.2) is 0 Å². The Morgan fingerprint density at radius 2 is 1.58 bits per heavy atom. The van der Waals surface area contributed by atoms with Crippen molar-refractivity contribution in [2.45, 2.75) is 31.4 Å². The minimum absolute atomic E-state index is 0.0681. The molecule has 148 valence electrons. The Bertz CT molecular complexity index is 688. The van der Waals surface area contributed by atoms with Gasteiger partial charge in [-0.3, -0.25) is 14.5 Å². The molecule has 0 aromatic carbocycles. The Morgan fingerprint density at radius 1 is 1.04 bits per heavy atom. The van der Waals surface area contributed by atoms with Crippen molar-refractivity contribution in [2.75, 3.05) is 52.1 Å². The lowest BCUT2D eigenvalue weighted by Gasteiger charge is -2.45. The molecule has 3 fully saturated rings. The van der Waals surface area contributed by atoms with E-state index in [4.69, 9.17) is 0 Å². The molecule has 3 aliphatic rings. The highest BCUT2D eigenvalue weighted by molar-refractivity contribution is 7.88. The fourth-order valence-corrected chi connectivity index (χ4v) is 4.69. The highest BCUT2D eigenvalue weighted by Gasteiger charge is 2.53. The van der Waals surface area contributed by atoms with E-state index < -0.39 is 35.0 Å². The lowest BCUT2D eigenvalue weighted by Crippen LogP contribution is -2.64. The average molecular weight is 394 g/mol. The van der Waals surface area contributed by atoms with Gasteiger partial charge >= 0.3 is 0 Å². The van der Waals surface area contributed by atoms with E-state index in [1.54, 1.807) is 4.90 Å². The zero-order valence-corrected chi connectivity index (χ0v) is 15.7. The van der Waals surface area contributed by atoms with Gasteiger partial charge in [-0.2, -0.15) is 4.31 Å². The Labute approximate surface area is 151 Å². The van der Waals surface area contributed by atoms with Crippen molar-refractivity contribution in [3.63, 3.8) is 0 Å². The van der Waals surface area contributed by atoms with Gasteiger partial charge in [-0.05, 0) is 0 Å². The highest BCUT2D eigenvalue weighted by Crippen LogP contribution is 2.36. The lowest BCUT2D eigenvalue weighted by molar-refractivity contribution is -0.142. The maximum absolute atomic E-state index is 14.0. The molecule has 3 aliphatic heterocycles. The number of alkyl halides is 2. The molecule has 0 N–H and O–H groups in total. The summed E-state index contributed by atoms with van der Waals surface area (Å²) in [6, 6.07) is -1.31. The largest absolute Gasteiger partial charge is 0.339 e. The van der Waals surface area contributed by atoms with Crippen LogP contribution in [0.15, 0.2) is 0 Å². The van der Waals surface area contributed by atoms with Crippen molar-refractivity contribution in [3.8, 4) is 0 Å². The quantitative estimate of drug-likeness (QED) is 0.615. The standard InChI is InChI=1S/C15H24F2N4O4S/c1-11(22)18-3-5-19(6-4-18)14(23)13-7-15(16,17)10-21(13)12-8-20(9-12)26(2,24)25/h12-13H,3-10H2,1-2H3/t13-/m0/s1. The number of nitrogens with zero attached hydrogens (tertiary/aromatic N) is 4. The summed E-state index contributed by atoms with van der Waals surface area (Å²) in [5.41, 5.74) is 0. The Morgan fingerprint density at radius 3 is 2.08 bits per heavy atom. The molecule has 0 bridgehead atoms. The number of hydrogen-bond donors (Lipinski definition) is 0. The lowest BCUT2D eigenvalue weighted by atomic mass is 10.1. The average Bonchev–Trinajstić information content (AvgIpc) is 2.79. The minimum Gasteiger partial charge on any atom is -0.339 e. The molecule has 3 saturated heterocycles. The molecule has 0 radical (unpaired) electrons. The normalized spacial score (nSPS) is 28.2. The maximum Gasteiger partial charge on any atom is 0.262 e. The van der Waals surface area contributed by atoms with Crippen molar-refractivity contribution in [3.05, 3.63) is 0 Å². The first-order valence-electron chi connectivity index (χ1n) is 8.61. The summed E-state index contributed by atoms with van der Waals surface area (Å²) in [5.74, 6) is -3.39. The molecule has 8 nitrogen and oxygen atoms in total. The zero-order valence-electron chi connectivity index (χ0n) is 14.9. The van der Waals surface area contributed by atoms with Crippen molar-refractivity contribution < 1.29 is 26.8 Å². The van der Waals surface area contributed by atoms with Crippen molar-refractivity contribution in [1.29, 1.82) is 0 Å². The van der Waals surface area contributed by atoms with Gasteiger partial charge in [0.1, 0.15) is 0 Å². The molecule has 0 aromatic rings. The fraction of sp³-hybridized carbons (Fsp3) is 0.867. The third-order valence-electron chi connectivity index (χ3n) is 5.39. The summed E-state index contributed by atoms with van der Waals surface area (Å²) in [7, 11) is -3.34. The van der Waals surface area contributed by atoms with Crippen LogP contribution in [0.4, 0.5) is 8.78 Å². The first-order chi connectivity index (χ1) is 12.0. The van der Waals surface area contributed by atoms with Gasteiger partial charge in [-0.15, -0.1) is 0 Å². The number of hydrogen-bond acceptors (Lipinski definition) is 5. The molecule has 0 spiro atoms. The third-order valence-corrected chi connectivity index (χ3v) is 6.63. The number of piperazine rings is 1. The summed E-state index contributed by atoms with van der Waals surface area (Å²) in [6.45, 7) is 2.65. The van der Waals surface area contributed by atoms with Crippen LogP contribution < -0.4 is 0 Å². The summed E-state index contributed by atoms with van der Waals surface area (Å²) < 4.78 is 52.2. The summed E-state index contributed by atoms with van der Waals surface area (Å²) in [5, 5.41) is 0. The maximum atomic E-state index is 14.0. The zero-order chi connectivity index (χ0) is 19.3. The fourth-order valence-electron chi connectivity index (χ4n) is 3.80. The molecule has 0 aromatic heterocycles. The van der Waals surface area contributed by atoms with Crippen LogP contribution in [-0.4, -0.2) is 109 Å². The van der Waals surface area contributed by atoms with E-state index in [-0.39, 0.29) is 30.9 Å². The molecule has 26 heavy (non-hydrogen) atoms. The van der Waals surface area contributed by atoms with E-state index in [2.05, 4.69) is 0 Å². The SMILES string of the molecule is CC(=O)N1CCN(C(=O)[C@@H]2CC(F)(F)CN2C2CN(S(C)(=O)=O)C2)CC1. The van der Waals surface area contributed by atoms with Gasteiger partial charge in [0.25, 0.3) is 5.92 Å². The van der Waals surface area contributed by atoms with Gasteiger partial charge in [-0.1, -0.05) is 0 Å². The molecular formula is C15H24F2N4O4S. The van der Waals surface area contributed by atoms with Crippen molar-refractivity contribution >= 4 is 21.8 Å². The van der Waals surface area contributed by atoms with Crippen LogP contribution in [0.25, 0.3) is 0 Å². The van der Waals surface area contributed by atoms with Crippen LogP contribution >= 0.6 is 0 Å². The van der Waals surface area contributed by atoms with Crippen LogP contribution in [0.3, 0.4) is 0 Å². The summed E-state index contributed by atoms with van der Waals surface area (Å²) in [6.07, 6.45) is 0.535. The van der Waals surface area contributed by atoms with Gasteiger partial charge in [0.05, 0.1) is 18.8 Å². The smallest absolute Gasteiger partial charge is 0.262 e. The van der Waals surface area contributed by atoms with E-state index in [9.17, 15) is 26.8 Å². The monoisotopic (exact) mass is 394 g/mol. The van der Waals surface area contributed by atoms with Gasteiger partial charge < -0.3 is 9.80 Å². The van der Waals surface area contributed by atoms with Crippen LogP contribution in [0, 0.1) is 0 Å². The third kappa shape index (κ3) is 3.84. The van der Waals surface area contributed by atoms with Crippen molar-refractivity contribution in [1.82, 2.24) is 19.0 Å².